The van der Waals surface area contributed by atoms with Crippen molar-refractivity contribution in [3.63, 3.8) is 0 Å². The Bertz CT molecular complexity index is 315. The zero-order valence-corrected chi connectivity index (χ0v) is 9.97. The van der Waals surface area contributed by atoms with Crippen LogP contribution in [0.1, 0.15) is 11.6 Å². The van der Waals surface area contributed by atoms with Crippen molar-refractivity contribution in [3.8, 4) is 5.75 Å². The molecule has 0 aliphatic heterocycles. The number of aromatic hydroxyl groups is 1. The Hall–Kier alpha value is -0.320. The summed E-state index contributed by atoms with van der Waals surface area (Å²) in [6.45, 7) is 3.57. The highest BCUT2D eigenvalue weighted by molar-refractivity contribution is 9.11. The van der Waals surface area contributed by atoms with Crippen LogP contribution in [-0.2, 0) is 0 Å². The molecular weight excluding hydrogens is 298 g/mol. The highest BCUT2D eigenvalue weighted by Gasteiger charge is 2.12. The maximum atomic E-state index is 9.59. The van der Waals surface area contributed by atoms with E-state index in [2.05, 4.69) is 38.4 Å². The molecule has 0 radical (unpaired) electrons. The Kier molecular flexibility index (Phi) is 3.53. The number of hydrogen-bond donors (Lipinski definition) is 2. The molecule has 1 aromatic rings. The summed E-state index contributed by atoms with van der Waals surface area (Å²) in [6.07, 6.45) is 1.58. The Labute approximate surface area is 93.7 Å². The minimum absolute atomic E-state index is 0.161. The molecule has 0 saturated carbocycles. The summed E-state index contributed by atoms with van der Waals surface area (Å²) < 4.78 is 1.57. The van der Waals surface area contributed by atoms with E-state index in [-0.39, 0.29) is 11.8 Å². The molecule has 70 valence electrons. The molecule has 1 rings (SSSR count). The van der Waals surface area contributed by atoms with Crippen LogP contribution < -0.4 is 5.73 Å². The van der Waals surface area contributed by atoms with E-state index in [4.69, 9.17) is 5.73 Å². The van der Waals surface area contributed by atoms with E-state index in [0.29, 0.717) is 5.56 Å². The van der Waals surface area contributed by atoms with E-state index in [0.717, 1.165) is 8.95 Å². The van der Waals surface area contributed by atoms with E-state index in [1.165, 1.54) is 0 Å². The van der Waals surface area contributed by atoms with Gasteiger partial charge in [0.25, 0.3) is 0 Å². The average Bonchev–Trinajstić information content (AvgIpc) is 2.02. The summed E-state index contributed by atoms with van der Waals surface area (Å²) in [5.74, 6) is 0.161. The first-order valence-electron chi connectivity index (χ1n) is 3.62. The SMILES string of the molecule is C=C[C@H](N)c1c(O)cc(Br)cc1Br. The van der Waals surface area contributed by atoms with Crippen LogP contribution in [0.2, 0.25) is 0 Å². The number of nitrogens with two attached hydrogens (primary N) is 1. The molecule has 0 bridgehead atoms. The summed E-state index contributed by atoms with van der Waals surface area (Å²) in [7, 11) is 0. The third kappa shape index (κ3) is 2.33. The third-order valence-corrected chi connectivity index (χ3v) is 2.77. The normalized spacial score (nSPS) is 12.5. The zero-order valence-electron chi connectivity index (χ0n) is 6.80. The predicted octanol–water partition coefficient (Wildman–Crippen LogP) is 3.10. The van der Waals surface area contributed by atoms with Crippen molar-refractivity contribution < 1.29 is 5.11 Å². The average molecular weight is 307 g/mol. The first kappa shape index (κ1) is 10.8. The summed E-state index contributed by atoms with van der Waals surface area (Å²) in [5.41, 5.74) is 6.37. The van der Waals surface area contributed by atoms with Crippen molar-refractivity contribution in [2.75, 3.05) is 0 Å². The Morgan fingerprint density at radius 2 is 2.08 bits per heavy atom. The van der Waals surface area contributed by atoms with Gasteiger partial charge in [0.1, 0.15) is 5.75 Å². The van der Waals surface area contributed by atoms with Crippen LogP contribution in [0.15, 0.2) is 33.7 Å². The molecule has 0 aliphatic carbocycles. The van der Waals surface area contributed by atoms with Crippen LogP contribution in [0.3, 0.4) is 0 Å². The minimum atomic E-state index is -0.359. The number of rotatable bonds is 2. The molecule has 1 atom stereocenters. The van der Waals surface area contributed by atoms with Crippen LogP contribution >= 0.6 is 31.9 Å². The largest absolute Gasteiger partial charge is 0.508 e. The molecule has 0 amide bonds. The molecule has 0 spiro atoms. The van der Waals surface area contributed by atoms with Crippen LogP contribution in [-0.4, -0.2) is 5.11 Å². The first-order valence-corrected chi connectivity index (χ1v) is 5.21. The Balaban J connectivity index is 3.28. The quantitative estimate of drug-likeness (QED) is 0.825. The first-order chi connectivity index (χ1) is 6.06. The predicted molar refractivity (Wildman–Crippen MR) is 60.6 cm³/mol. The van der Waals surface area contributed by atoms with Gasteiger partial charge in [-0.1, -0.05) is 37.9 Å². The number of phenols is 1. The van der Waals surface area contributed by atoms with Crippen LogP contribution in [0.25, 0.3) is 0 Å². The Morgan fingerprint density at radius 3 is 2.54 bits per heavy atom. The minimum Gasteiger partial charge on any atom is -0.508 e. The lowest BCUT2D eigenvalue weighted by Crippen LogP contribution is -2.07. The standard InChI is InChI=1S/C9H9Br2NO/c1-2-7(12)9-6(11)3-5(10)4-8(9)13/h2-4,7,13H,1,12H2/t7-/m0/s1. The molecule has 0 unspecified atom stereocenters. The summed E-state index contributed by atoms with van der Waals surface area (Å²) in [4.78, 5) is 0. The van der Waals surface area contributed by atoms with Crippen molar-refractivity contribution in [3.05, 3.63) is 39.3 Å². The monoisotopic (exact) mass is 305 g/mol. The third-order valence-electron chi connectivity index (χ3n) is 1.66. The molecule has 13 heavy (non-hydrogen) atoms. The van der Waals surface area contributed by atoms with Gasteiger partial charge in [-0.2, -0.15) is 0 Å². The Morgan fingerprint density at radius 1 is 1.46 bits per heavy atom. The van der Waals surface area contributed by atoms with Gasteiger partial charge < -0.3 is 10.8 Å². The number of hydrogen-bond acceptors (Lipinski definition) is 2. The fourth-order valence-corrected chi connectivity index (χ4v) is 2.49. The number of halogens is 2. The molecule has 0 aliphatic rings. The van der Waals surface area contributed by atoms with Gasteiger partial charge in [0.05, 0.1) is 6.04 Å². The molecule has 0 fully saturated rings. The smallest absolute Gasteiger partial charge is 0.122 e. The molecule has 2 nitrogen and oxygen atoms in total. The lowest BCUT2D eigenvalue weighted by Gasteiger charge is -2.11. The van der Waals surface area contributed by atoms with Gasteiger partial charge in [0.15, 0.2) is 0 Å². The molecule has 1 aromatic carbocycles. The van der Waals surface area contributed by atoms with Gasteiger partial charge in [-0.15, -0.1) is 6.58 Å². The fraction of sp³-hybridized carbons (Fsp3) is 0.111. The van der Waals surface area contributed by atoms with E-state index in [1.54, 1.807) is 12.1 Å². The molecular formula is C9H9Br2NO. The van der Waals surface area contributed by atoms with Crippen molar-refractivity contribution in [1.29, 1.82) is 0 Å². The van der Waals surface area contributed by atoms with Crippen molar-refractivity contribution >= 4 is 31.9 Å². The van der Waals surface area contributed by atoms with Crippen LogP contribution in [0.5, 0.6) is 5.75 Å². The summed E-state index contributed by atoms with van der Waals surface area (Å²) in [6, 6.07) is 3.07. The highest BCUT2D eigenvalue weighted by atomic mass is 79.9. The lowest BCUT2D eigenvalue weighted by atomic mass is 10.1. The lowest BCUT2D eigenvalue weighted by molar-refractivity contribution is 0.465. The second-order valence-corrected chi connectivity index (χ2v) is 4.35. The van der Waals surface area contributed by atoms with Crippen molar-refractivity contribution in [2.45, 2.75) is 6.04 Å². The van der Waals surface area contributed by atoms with Gasteiger partial charge >= 0.3 is 0 Å². The number of phenolic OH excluding ortho intramolecular Hbond substituents is 1. The maximum absolute atomic E-state index is 9.59. The highest BCUT2D eigenvalue weighted by Crippen LogP contribution is 2.34. The van der Waals surface area contributed by atoms with Gasteiger partial charge in [0, 0.05) is 14.5 Å². The number of benzene rings is 1. The molecule has 0 heterocycles. The van der Waals surface area contributed by atoms with E-state index < -0.39 is 0 Å². The molecule has 0 aromatic heterocycles. The van der Waals surface area contributed by atoms with E-state index >= 15 is 0 Å². The van der Waals surface area contributed by atoms with Gasteiger partial charge in [-0.3, -0.25) is 0 Å². The van der Waals surface area contributed by atoms with Gasteiger partial charge in [-0.05, 0) is 12.1 Å². The van der Waals surface area contributed by atoms with Crippen molar-refractivity contribution in [1.82, 2.24) is 0 Å². The summed E-state index contributed by atoms with van der Waals surface area (Å²) >= 11 is 6.58. The van der Waals surface area contributed by atoms with Gasteiger partial charge in [0.2, 0.25) is 0 Å². The second-order valence-electron chi connectivity index (χ2n) is 2.58. The van der Waals surface area contributed by atoms with Crippen LogP contribution in [0.4, 0.5) is 0 Å². The zero-order chi connectivity index (χ0) is 10.0. The second kappa shape index (κ2) is 4.26. The van der Waals surface area contributed by atoms with Crippen LogP contribution in [0, 0.1) is 0 Å². The molecule has 0 saturated heterocycles. The molecule has 3 N–H and O–H groups in total. The molecule has 4 heteroatoms. The fourth-order valence-electron chi connectivity index (χ4n) is 1.02. The maximum Gasteiger partial charge on any atom is 0.122 e. The van der Waals surface area contributed by atoms with E-state index in [9.17, 15) is 5.11 Å². The van der Waals surface area contributed by atoms with E-state index in [1.807, 2.05) is 6.07 Å². The summed E-state index contributed by atoms with van der Waals surface area (Å²) in [5, 5.41) is 9.59. The van der Waals surface area contributed by atoms with Crippen molar-refractivity contribution in [2.24, 2.45) is 5.73 Å². The van der Waals surface area contributed by atoms with Gasteiger partial charge in [-0.25, -0.2) is 0 Å². The topological polar surface area (TPSA) is 46.2 Å².